The first-order chi connectivity index (χ1) is 20.2. The fourth-order valence-corrected chi connectivity index (χ4v) is 5.29. The van der Waals surface area contributed by atoms with Crippen LogP contribution in [-0.2, 0) is 25.5 Å². The van der Waals surface area contributed by atoms with Crippen LogP contribution in [0.3, 0.4) is 0 Å². The van der Waals surface area contributed by atoms with Gasteiger partial charge < -0.3 is 35.1 Å². The average Bonchev–Trinajstić information content (AvgIpc) is 3.34. The number of rotatable bonds is 18. The van der Waals surface area contributed by atoms with Crippen LogP contribution in [0.15, 0.2) is 18.2 Å². The molecular formula is C32H53N3O8. The maximum absolute atomic E-state index is 13.3. The molecule has 1 aromatic rings. The summed E-state index contributed by atoms with van der Waals surface area (Å²) >= 11 is 0. The molecule has 1 saturated heterocycles. The van der Waals surface area contributed by atoms with Gasteiger partial charge in [-0.3, -0.25) is 14.5 Å². The minimum Gasteiger partial charge on any atom is -0.493 e. The van der Waals surface area contributed by atoms with E-state index in [9.17, 15) is 19.5 Å². The van der Waals surface area contributed by atoms with E-state index in [1.54, 1.807) is 28.1 Å². The molecule has 0 saturated carbocycles. The standard InChI is InChI=1S/C32H53N3O8/c1-20(2)23(14-22-10-11-26(41-8)28(15-22)42-13-9-12-40-7)16-25-27(43-19-35(25)31(38)39)17-24(21(3)4)29(36)34-18-32(5,6)30(33)37/h10-11,15,20-21,23-25,27H,9,12-14,16-19H2,1-8H3,(H2,33,37)(H,34,36)(H,38,39)/t23-,24+,25+,27+/m1/s1. The lowest BCUT2D eigenvalue weighted by Crippen LogP contribution is -2.46. The molecule has 0 bridgehead atoms. The van der Waals surface area contributed by atoms with E-state index in [0.29, 0.717) is 44.0 Å². The van der Waals surface area contributed by atoms with Gasteiger partial charge in [-0.25, -0.2) is 4.79 Å². The van der Waals surface area contributed by atoms with E-state index in [0.717, 1.165) is 12.0 Å². The van der Waals surface area contributed by atoms with E-state index in [-0.39, 0.29) is 36.9 Å². The average molecular weight is 608 g/mol. The van der Waals surface area contributed by atoms with E-state index >= 15 is 0 Å². The molecule has 1 aromatic carbocycles. The van der Waals surface area contributed by atoms with Crippen molar-refractivity contribution >= 4 is 17.9 Å². The fraction of sp³-hybridized carbons (Fsp3) is 0.719. The van der Waals surface area contributed by atoms with Gasteiger partial charge in [-0.15, -0.1) is 0 Å². The Morgan fingerprint density at radius 3 is 2.35 bits per heavy atom. The number of primary amides is 1. The maximum atomic E-state index is 13.3. The highest BCUT2D eigenvalue weighted by Crippen LogP contribution is 2.35. The third kappa shape index (κ3) is 10.6. The van der Waals surface area contributed by atoms with Crippen molar-refractivity contribution in [3.05, 3.63) is 23.8 Å². The Morgan fingerprint density at radius 2 is 1.79 bits per heavy atom. The summed E-state index contributed by atoms with van der Waals surface area (Å²) in [6, 6.07) is 5.49. The van der Waals surface area contributed by atoms with Gasteiger partial charge in [-0.1, -0.05) is 33.8 Å². The number of methoxy groups -OCH3 is 2. The third-order valence-corrected chi connectivity index (χ3v) is 8.47. The van der Waals surface area contributed by atoms with Crippen molar-refractivity contribution in [1.29, 1.82) is 0 Å². The molecule has 244 valence electrons. The molecular weight excluding hydrogens is 554 g/mol. The van der Waals surface area contributed by atoms with Gasteiger partial charge in [0.15, 0.2) is 11.5 Å². The van der Waals surface area contributed by atoms with Crippen LogP contribution in [0.4, 0.5) is 4.79 Å². The number of hydrogen-bond donors (Lipinski definition) is 3. The largest absolute Gasteiger partial charge is 0.493 e. The number of nitrogens with one attached hydrogen (secondary N) is 1. The molecule has 0 aromatic heterocycles. The van der Waals surface area contributed by atoms with E-state index in [2.05, 4.69) is 19.2 Å². The molecule has 43 heavy (non-hydrogen) atoms. The first-order valence-electron chi connectivity index (χ1n) is 15.2. The number of carbonyl (C=O) groups excluding carboxylic acids is 2. The zero-order chi connectivity index (χ0) is 32.3. The Balaban J connectivity index is 2.23. The number of hydrogen-bond acceptors (Lipinski definition) is 7. The summed E-state index contributed by atoms with van der Waals surface area (Å²) in [5, 5.41) is 12.9. The number of nitrogens with two attached hydrogens (primary N) is 1. The summed E-state index contributed by atoms with van der Waals surface area (Å²) in [7, 11) is 3.27. The van der Waals surface area contributed by atoms with Crippen molar-refractivity contribution in [3.63, 3.8) is 0 Å². The molecule has 0 aliphatic carbocycles. The number of ether oxygens (including phenoxy) is 4. The molecule has 0 radical (unpaired) electrons. The van der Waals surface area contributed by atoms with Crippen molar-refractivity contribution in [3.8, 4) is 11.5 Å². The monoisotopic (exact) mass is 607 g/mol. The molecule has 4 N–H and O–H groups in total. The van der Waals surface area contributed by atoms with Crippen LogP contribution in [0.2, 0.25) is 0 Å². The summed E-state index contributed by atoms with van der Waals surface area (Å²) in [5.74, 6) is 0.561. The van der Waals surface area contributed by atoms with Crippen LogP contribution in [0.5, 0.6) is 11.5 Å². The molecule has 0 unspecified atom stereocenters. The quantitative estimate of drug-likeness (QED) is 0.209. The minimum absolute atomic E-state index is 0.0256. The first-order valence-corrected chi connectivity index (χ1v) is 15.2. The number of benzene rings is 1. The lowest BCUT2D eigenvalue weighted by atomic mass is 9.80. The fourth-order valence-electron chi connectivity index (χ4n) is 5.29. The van der Waals surface area contributed by atoms with Crippen LogP contribution in [0.25, 0.3) is 0 Å². The molecule has 4 atom stereocenters. The number of carbonyl (C=O) groups is 3. The van der Waals surface area contributed by atoms with Gasteiger partial charge in [0.25, 0.3) is 0 Å². The molecule has 1 heterocycles. The summed E-state index contributed by atoms with van der Waals surface area (Å²) in [4.78, 5) is 38.6. The summed E-state index contributed by atoms with van der Waals surface area (Å²) in [6.45, 7) is 12.7. The summed E-state index contributed by atoms with van der Waals surface area (Å²) < 4.78 is 22.6. The molecule has 1 aliphatic rings. The van der Waals surface area contributed by atoms with Crippen molar-refractivity contribution in [2.75, 3.05) is 40.7 Å². The predicted octanol–water partition coefficient (Wildman–Crippen LogP) is 4.31. The second-order valence-corrected chi connectivity index (χ2v) is 12.8. The Kier molecular flexibility index (Phi) is 14.0. The Bertz CT molecular complexity index is 1060. The lowest BCUT2D eigenvalue weighted by molar-refractivity contribution is -0.130. The van der Waals surface area contributed by atoms with Crippen molar-refractivity contribution < 1.29 is 38.4 Å². The molecule has 3 amide bonds. The molecule has 1 fully saturated rings. The van der Waals surface area contributed by atoms with Gasteiger partial charge in [-0.2, -0.15) is 0 Å². The Labute approximate surface area is 256 Å². The summed E-state index contributed by atoms with van der Waals surface area (Å²) in [5.41, 5.74) is 5.66. The SMILES string of the molecule is COCCCOc1cc(C[C@H](C[C@H]2[C@H](C[C@H](C(=O)NCC(C)(C)C(N)=O)C(C)C)OCN2C(=O)O)C(C)C)ccc1OC. The third-order valence-electron chi connectivity index (χ3n) is 8.47. The Morgan fingerprint density at radius 1 is 1.09 bits per heavy atom. The summed E-state index contributed by atoms with van der Waals surface area (Å²) in [6.07, 6.45) is 0.914. The Hall–Kier alpha value is -3.05. The molecule has 1 aliphatic heterocycles. The van der Waals surface area contributed by atoms with Gasteiger partial charge in [0.05, 0.1) is 31.3 Å². The van der Waals surface area contributed by atoms with Crippen LogP contribution in [0, 0.1) is 29.1 Å². The zero-order valence-corrected chi connectivity index (χ0v) is 27.2. The van der Waals surface area contributed by atoms with E-state index < -0.39 is 35.5 Å². The normalized spacial score (nSPS) is 18.5. The highest BCUT2D eigenvalue weighted by Gasteiger charge is 2.42. The van der Waals surface area contributed by atoms with Crippen molar-refractivity contribution in [1.82, 2.24) is 10.2 Å². The highest BCUT2D eigenvalue weighted by molar-refractivity contribution is 5.83. The lowest BCUT2D eigenvalue weighted by Gasteiger charge is -2.32. The number of carboxylic acid groups (broad SMARTS) is 1. The van der Waals surface area contributed by atoms with Crippen LogP contribution in [0.1, 0.15) is 66.4 Å². The zero-order valence-electron chi connectivity index (χ0n) is 27.2. The van der Waals surface area contributed by atoms with E-state index in [1.165, 1.54) is 4.90 Å². The topological polar surface area (TPSA) is 150 Å². The van der Waals surface area contributed by atoms with E-state index in [4.69, 9.17) is 24.7 Å². The van der Waals surface area contributed by atoms with Crippen LogP contribution < -0.4 is 20.5 Å². The van der Waals surface area contributed by atoms with Gasteiger partial charge in [-0.05, 0) is 68.6 Å². The van der Waals surface area contributed by atoms with E-state index in [1.807, 2.05) is 32.0 Å². The van der Waals surface area contributed by atoms with Gasteiger partial charge in [0.2, 0.25) is 11.8 Å². The van der Waals surface area contributed by atoms with Gasteiger partial charge in [0, 0.05) is 32.6 Å². The molecule has 0 spiro atoms. The predicted molar refractivity (Wildman–Crippen MR) is 164 cm³/mol. The second kappa shape index (κ2) is 16.7. The van der Waals surface area contributed by atoms with Crippen molar-refractivity contribution in [2.24, 2.45) is 34.8 Å². The highest BCUT2D eigenvalue weighted by atomic mass is 16.5. The molecule has 2 rings (SSSR count). The number of nitrogens with zero attached hydrogens (tertiary/aromatic N) is 1. The maximum Gasteiger partial charge on any atom is 0.409 e. The minimum atomic E-state index is -1.04. The van der Waals surface area contributed by atoms with Gasteiger partial charge >= 0.3 is 6.09 Å². The second-order valence-electron chi connectivity index (χ2n) is 12.8. The smallest absolute Gasteiger partial charge is 0.409 e. The molecule has 11 nitrogen and oxygen atoms in total. The van der Waals surface area contributed by atoms with Gasteiger partial charge in [0.1, 0.15) is 6.73 Å². The first kappa shape index (κ1) is 36.1. The van der Waals surface area contributed by atoms with Crippen LogP contribution >= 0.6 is 0 Å². The molecule has 11 heteroatoms. The number of amides is 3. The van der Waals surface area contributed by atoms with Crippen LogP contribution in [-0.4, -0.2) is 80.8 Å². The van der Waals surface area contributed by atoms with Crippen molar-refractivity contribution in [2.45, 2.75) is 79.4 Å².